The van der Waals surface area contributed by atoms with Crippen LogP contribution in [0.5, 0.6) is 0 Å². The number of hydrogen-bond acceptors (Lipinski definition) is 5. The zero-order chi connectivity index (χ0) is 28.1. The molecular formula is C28H25BClFN2O6S. The predicted molar refractivity (Wildman–Crippen MR) is 153 cm³/mol. The molecule has 12 heteroatoms. The van der Waals surface area contributed by atoms with Crippen LogP contribution in [0.1, 0.15) is 46.2 Å². The molecule has 3 N–H and O–H groups in total. The summed E-state index contributed by atoms with van der Waals surface area (Å²) < 4.78 is 49.6. The number of hydrogen-bond donors (Lipinski definition) is 3. The van der Waals surface area contributed by atoms with E-state index in [0.717, 1.165) is 24.0 Å². The van der Waals surface area contributed by atoms with E-state index in [9.17, 15) is 23.0 Å². The van der Waals surface area contributed by atoms with Crippen molar-refractivity contribution in [2.45, 2.75) is 31.0 Å². The molecule has 1 aromatic heterocycles. The predicted octanol–water partition coefficient (Wildman–Crippen LogP) is 6.00. The number of nitrogens with one attached hydrogen (secondary N) is 1. The molecule has 4 aromatic rings. The number of carbonyl (C=O) groups excluding carboxylic acids is 1. The molecule has 1 aliphatic heterocycles. The molecule has 2 unspecified atom stereocenters. The van der Waals surface area contributed by atoms with Crippen LogP contribution in [-0.4, -0.2) is 40.5 Å². The van der Waals surface area contributed by atoms with Crippen LogP contribution >= 0.6 is 11.6 Å². The van der Waals surface area contributed by atoms with E-state index in [1.54, 1.807) is 24.3 Å². The van der Waals surface area contributed by atoms with Gasteiger partial charge in [0.2, 0.25) is 0 Å². The van der Waals surface area contributed by atoms with Crippen LogP contribution in [0, 0.1) is 5.82 Å². The van der Waals surface area contributed by atoms with Crippen LogP contribution in [0.4, 0.5) is 15.8 Å². The summed E-state index contributed by atoms with van der Waals surface area (Å²) in [6, 6.07) is 14.3. The van der Waals surface area contributed by atoms with Crippen LogP contribution < -0.4 is 9.62 Å². The highest BCUT2D eigenvalue weighted by Crippen LogP contribution is 2.49. The second-order valence-electron chi connectivity index (χ2n) is 10.0. The molecule has 6 rings (SSSR count). The van der Waals surface area contributed by atoms with Crippen LogP contribution in [0.2, 0.25) is 11.3 Å². The van der Waals surface area contributed by atoms with Crippen molar-refractivity contribution in [1.82, 2.24) is 5.32 Å². The van der Waals surface area contributed by atoms with Gasteiger partial charge in [-0.1, -0.05) is 17.7 Å². The van der Waals surface area contributed by atoms with Gasteiger partial charge in [0, 0.05) is 41.6 Å². The Bertz CT molecular complexity index is 1640. The van der Waals surface area contributed by atoms with Crippen molar-refractivity contribution >= 4 is 58.2 Å². The number of halogens is 2. The fourth-order valence-corrected chi connectivity index (χ4v) is 6.26. The molecule has 0 radical (unpaired) electrons. The number of anilines is 2. The van der Waals surface area contributed by atoms with E-state index in [4.69, 9.17) is 20.7 Å². The number of benzene rings is 3. The van der Waals surface area contributed by atoms with Crippen LogP contribution in [0.15, 0.2) is 59.0 Å². The molecule has 1 saturated carbocycles. The van der Waals surface area contributed by atoms with E-state index in [1.165, 1.54) is 35.6 Å². The summed E-state index contributed by atoms with van der Waals surface area (Å²) in [5, 5.41) is 13.4. The number of amides is 1. The van der Waals surface area contributed by atoms with Crippen molar-refractivity contribution < 1.29 is 32.0 Å². The van der Waals surface area contributed by atoms with E-state index < -0.39 is 24.2 Å². The third-order valence-electron chi connectivity index (χ3n) is 7.42. The number of rotatable bonds is 7. The van der Waals surface area contributed by atoms with Gasteiger partial charge in [-0.15, -0.1) is 0 Å². The number of carbonyl (C=O) groups is 1. The Hall–Kier alpha value is -3.22. The Balaban J connectivity index is 1.50. The maximum absolute atomic E-state index is 13.6. The first-order valence-electron chi connectivity index (χ1n) is 12.8. The van der Waals surface area contributed by atoms with Crippen molar-refractivity contribution in [3.63, 3.8) is 0 Å². The minimum atomic E-state index is -2.47. The second kappa shape index (κ2) is 10.6. The minimum Gasteiger partial charge on any atom is -0.455 e. The van der Waals surface area contributed by atoms with Gasteiger partial charge in [0.25, 0.3) is 17.2 Å². The summed E-state index contributed by atoms with van der Waals surface area (Å²) >= 11 is 4.15. The lowest BCUT2D eigenvalue weighted by molar-refractivity contribution is 0.0964. The van der Waals surface area contributed by atoms with E-state index in [0.29, 0.717) is 51.4 Å². The largest absolute Gasteiger partial charge is 0.455 e. The summed E-state index contributed by atoms with van der Waals surface area (Å²) in [5.41, 5.74) is 3.62. The van der Waals surface area contributed by atoms with Crippen LogP contribution in [0.3, 0.4) is 0 Å². The van der Waals surface area contributed by atoms with Gasteiger partial charge in [0.05, 0.1) is 16.9 Å². The Morgan fingerprint density at radius 1 is 1.12 bits per heavy atom. The Morgan fingerprint density at radius 3 is 2.48 bits per heavy atom. The molecule has 8 nitrogen and oxygen atoms in total. The van der Waals surface area contributed by atoms with E-state index in [-0.39, 0.29) is 23.5 Å². The molecular weight excluding hydrogens is 558 g/mol. The number of nitrogens with zero attached hydrogens (tertiary/aromatic N) is 1. The smallest absolute Gasteiger partial charge is 0.454 e. The zero-order valence-corrected chi connectivity index (χ0v) is 23.0. The van der Waals surface area contributed by atoms with Crippen molar-refractivity contribution in [2.24, 2.45) is 0 Å². The maximum atomic E-state index is 13.6. The SMILES string of the molecule is CNC(=O)c1c(-c2ccc(F)cc2)oc2cc(N(c3ccc(C4COB(O)C4)c(Cl)c3)S(=O)O)c(C3CC3)cc12. The topological polar surface area (TPSA) is 112 Å². The molecule has 206 valence electrons. The third kappa shape index (κ3) is 4.93. The molecule has 2 atom stereocenters. The summed E-state index contributed by atoms with van der Waals surface area (Å²) in [6.07, 6.45) is 2.21. The fourth-order valence-electron chi connectivity index (χ4n) is 5.31. The highest BCUT2D eigenvalue weighted by Gasteiger charge is 2.34. The lowest BCUT2D eigenvalue weighted by Gasteiger charge is -2.24. The first kappa shape index (κ1) is 27.0. The molecule has 2 fully saturated rings. The molecule has 40 heavy (non-hydrogen) atoms. The maximum Gasteiger partial charge on any atom is 0.454 e. The van der Waals surface area contributed by atoms with Crippen LogP contribution in [-0.2, 0) is 15.9 Å². The number of furan rings is 1. The summed E-state index contributed by atoms with van der Waals surface area (Å²) in [5.74, 6) is -0.447. The molecule has 1 amide bonds. The highest BCUT2D eigenvalue weighted by atomic mass is 35.5. The Kier molecular flexibility index (Phi) is 7.18. The van der Waals surface area contributed by atoms with Gasteiger partial charge in [-0.3, -0.25) is 9.35 Å². The average molecular weight is 583 g/mol. The van der Waals surface area contributed by atoms with Gasteiger partial charge in [-0.05, 0) is 78.7 Å². The minimum absolute atomic E-state index is 0.0841. The normalized spacial score (nSPS) is 17.8. The van der Waals surface area contributed by atoms with Gasteiger partial charge < -0.3 is 19.4 Å². The van der Waals surface area contributed by atoms with Crippen molar-refractivity contribution in [1.29, 1.82) is 0 Å². The van der Waals surface area contributed by atoms with Gasteiger partial charge in [0.15, 0.2) is 0 Å². The molecule has 0 bridgehead atoms. The lowest BCUT2D eigenvalue weighted by atomic mass is 9.79. The standard InChI is InChI=1S/C28H25BClFN2O6S/c1-32-28(34)26-22-11-21(15-2-3-15)24(12-25(22)39-27(26)16-4-6-18(31)7-5-16)33(40(36)37)19-8-9-20(23(30)10-19)17-13-29(35)38-14-17/h4-12,15,17,35H,2-3,13-14H2,1H3,(H,32,34)(H,36,37). The fraction of sp³-hybridized carbons (Fsp3) is 0.250. The Morgan fingerprint density at radius 2 is 1.88 bits per heavy atom. The Labute approximate surface area is 237 Å². The zero-order valence-electron chi connectivity index (χ0n) is 21.4. The van der Waals surface area contributed by atoms with Gasteiger partial charge in [-0.25, -0.2) is 12.9 Å². The monoisotopic (exact) mass is 582 g/mol. The van der Waals surface area contributed by atoms with E-state index >= 15 is 0 Å². The molecule has 2 heterocycles. The van der Waals surface area contributed by atoms with E-state index in [1.807, 2.05) is 6.07 Å². The average Bonchev–Trinajstić information content (AvgIpc) is 3.58. The van der Waals surface area contributed by atoms with Crippen molar-refractivity contribution in [2.75, 3.05) is 18.0 Å². The molecule has 1 saturated heterocycles. The second-order valence-corrected chi connectivity index (χ2v) is 11.3. The summed E-state index contributed by atoms with van der Waals surface area (Å²) in [7, 11) is 0.677. The quantitative estimate of drug-likeness (QED) is 0.182. The van der Waals surface area contributed by atoms with Gasteiger partial charge in [0.1, 0.15) is 17.2 Å². The van der Waals surface area contributed by atoms with Gasteiger partial charge in [-0.2, -0.15) is 0 Å². The van der Waals surface area contributed by atoms with Crippen molar-refractivity contribution in [3.05, 3.63) is 82.1 Å². The van der Waals surface area contributed by atoms with Crippen LogP contribution in [0.25, 0.3) is 22.3 Å². The van der Waals surface area contributed by atoms with Gasteiger partial charge >= 0.3 is 7.12 Å². The number of fused-ring (bicyclic) bond motifs is 1. The molecule has 2 aliphatic rings. The summed E-state index contributed by atoms with van der Waals surface area (Å²) in [6.45, 7) is 0.334. The van der Waals surface area contributed by atoms with E-state index in [2.05, 4.69) is 5.32 Å². The first-order chi connectivity index (χ1) is 19.2. The summed E-state index contributed by atoms with van der Waals surface area (Å²) in [4.78, 5) is 13.0. The first-order valence-corrected chi connectivity index (χ1v) is 14.3. The third-order valence-corrected chi connectivity index (χ3v) is 8.47. The highest BCUT2D eigenvalue weighted by molar-refractivity contribution is 7.81. The molecule has 3 aromatic carbocycles. The lowest BCUT2D eigenvalue weighted by Crippen LogP contribution is -2.21. The molecule has 1 aliphatic carbocycles. The van der Waals surface area contributed by atoms with Crippen molar-refractivity contribution in [3.8, 4) is 11.3 Å². The molecule has 0 spiro atoms.